The van der Waals surface area contributed by atoms with Crippen LogP contribution in [0, 0.1) is 3.70 Å². The summed E-state index contributed by atoms with van der Waals surface area (Å²) >= 11 is 8.66. The quantitative estimate of drug-likeness (QED) is 0.488. The second-order valence-electron chi connectivity index (χ2n) is 6.47. The van der Waals surface area contributed by atoms with Crippen molar-refractivity contribution in [3.8, 4) is 0 Å². The van der Waals surface area contributed by atoms with Gasteiger partial charge in [-0.15, -0.1) is 0 Å². The lowest BCUT2D eigenvalue weighted by Crippen LogP contribution is -2.19. The Kier molecular flexibility index (Phi) is 4.22. The van der Waals surface area contributed by atoms with E-state index in [9.17, 15) is 4.79 Å². The number of hydrogen-bond acceptors (Lipinski definition) is 2. The van der Waals surface area contributed by atoms with Gasteiger partial charge in [-0.25, -0.2) is 0 Å². The Hall–Kier alpha value is -0.880. The molecule has 3 nitrogen and oxygen atoms in total. The molecule has 2 aliphatic rings. The lowest BCUT2D eigenvalue weighted by atomic mass is 10.0. The molecule has 1 fully saturated rings. The molecule has 0 atom stereocenters. The lowest BCUT2D eigenvalue weighted by Gasteiger charge is -2.12. The summed E-state index contributed by atoms with van der Waals surface area (Å²) in [5.74, 6) is 0.430. The van der Waals surface area contributed by atoms with E-state index in [-0.39, 0.29) is 5.91 Å². The van der Waals surface area contributed by atoms with Gasteiger partial charge in [-0.2, -0.15) is 9.78 Å². The molecule has 1 aromatic heterocycles. The predicted molar refractivity (Wildman–Crippen MR) is 99.4 cm³/mol. The van der Waals surface area contributed by atoms with Crippen molar-refractivity contribution in [1.82, 2.24) is 9.78 Å². The molecule has 0 bridgehead atoms. The molecular weight excluding hydrogens is 423 g/mol. The molecule has 0 unspecified atom stereocenters. The van der Waals surface area contributed by atoms with Crippen molar-refractivity contribution in [2.75, 3.05) is 0 Å². The van der Waals surface area contributed by atoms with E-state index in [0.29, 0.717) is 16.5 Å². The molecule has 4 rings (SSSR count). The number of halogens is 2. The Bertz CT molecular complexity index is 780. The molecule has 0 aliphatic heterocycles. The largest absolute Gasteiger partial charge is 0.280 e. The van der Waals surface area contributed by atoms with Gasteiger partial charge >= 0.3 is 0 Å². The summed E-state index contributed by atoms with van der Waals surface area (Å²) in [4.78, 5) is 13.2. The van der Waals surface area contributed by atoms with Gasteiger partial charge in [0.25, 0.3) is 5.91 Å². The maximum absolute atomic E-state index is 13.2. The van der Waals surface area contributed by atoms with Gasteiger partial charge < -0.3 is 0 Å². The highest BCUT2D eigenvalue weighted by Gasteiger charge is 2.31. The summed E-state index contributed by atoms with van der Waals surface area (Å²) in [5.41, 5.74) is 4.10. The topological polar surface area (TPSA) is 34.9 Å². The normalized spacial score (nSPS) is 17.7. The highest BCUT2D eigenvalue weighted by molar-refractivity contribution is 14.1. The van der Waals surface area contributed by atoms with Crippen molar-refractivity contribution < 1.29 is 4.79 Å². The van der Waals surface area contributed by atoms with E-state index in [1.54, 1.807) is 4.68 Å². The molecular formula is C18H18ClIN2O. The van der Waals surface area contributed by atoms with E-state index in [4.69, 9.17) is 11.6 Å². The molecule has 2 aromatic rings. The fourth-order valence-corrected chi connectivity index (χ4v) is 4.56. The highest BCUT2D eigenvalue weighted by atomic mass is 127. The standard InChI is InChI=1S/C18H18ClIN2O/c19-14-7-4-6-12(11-9-10-11)16(14)18(23)22-15-8-3-1-2-5-13(15)17(20)21-22/h4,6-7,11H,1-3,5,8-10H2. The zero-order chi connectivity index (χ0) is 16.0. The predicted octanol–water partition coefficient (Wildman–Crippen LogP) is 4.98. The van der Waals surface area contributed by atoms with Crippen LogP contribution in [0.15, 0.2) is 18.2 Å². The third kappa shape index (κ3) is 2.84. The second-order valence-corrected chi connectivity index (χ2v) is 7.90. The van der Waals surface area contributed by atoms with Gasteiger partial charge in [0.15, 0.2) is 0 Å². The smallest absolute Gasteiger partial charge is 0.267 e. The summed E-state index contributed by atoms with van der Waals surface area (Å²) in [6, 6.07) is 5.80. The van der Waals surface area contributed by atoms with Crippen LogP contribution in [0.4, 0.5) is 0 Å². The van der Waals surface area contributed by atoms with Crippen LogP contribution >= 0.6 is 34.2 Å². The van der Waals surface area contributed by atoms with Crippen LogP contribution < -0.4 is 0 Å². The Morgan fingerprint density at radius 3 is 2.78 bits per heavy atom. The van der Waals surface area contributed by atoms with Gasteiger partial charge in [-0.1, -0.05) is 30.2 Å². The van der Waals surface area contributed by atoms with E-state index in [1.807, 2.05) is 18.2 Å². The minimum atomic E-state index is -0.0569. The molecule has 120 valence electrons. The minimum absolute atomic E-state index is 0.0569. The van der Waals surface area contributed by atoms with Crippen LogP contribution in [0.5, 0.6) is 0 Å². The maximum Gasteiger partial charge on any atom is 0.280 e. The van der Waals surface area contributed by atoms with Crippen molar-refractivity contribution in [2.45, 2.75) is 50.9 Å². The summed E-state index contributed by atoms with van der Waals surface area (Å²) in [7, 11) is 0. The fraction of sp³-hybridized carbons (Fsp3) is 0.444. The lowest BCUT2D eigenvalue weighted by molar-refractivity contribution is 0.0940. The first-order chi connectivity index (χ1) is 11.2. The van der Waals surface area contributed by atoms with E-state index < -0.39 is 0 Å². The molecule has 0 saturated heterocycles. The van der Waals surface area contributed by atoms with Crippen LogP contribution in [0.1, 0.15) is 65.2 Å². The van der Waals surface area contributed by atoms with Gasteiger partial charge in [0, 0.05) is 5.56 Å². The van der Waals surface area contributed by atoms with Crippen molar-refractivity contribution in [1.29, 1.82) is 0 Å². The zero-order valence-corrected chi connectivity index (χ0v) is 15.7. The first-order valence-corrected chi connectivity index (χ1v) is 9.72. The molecule has 1 aromatic carbocycles. The number of carbonyl (C=O) groups is 1. The van der Waals surface area contributed by atoms with Crippen molar-refractivity contribution in [3.63, 3.8) is 0 Å². The molecule has 0 amide bonds. The Morgan fingerprint density at radius 2 is 2.00 bits per heavy atom. The molecule has 0 radical (unpaired) electrons. The molecule has 1 saturated carbocycles. The van der Waals surface area contributed by atoms with Gasteiger partial charge in [0.05, 0.1) is 16.3 Å². The van der Waals surface area contributed by atoms with Crippen LogP contribution in [0.3, 0.4) is 0 Å². The molecule has 5 heteroatoms. The number of carbonyl (C=O) groups excluding carboxylic acids is 1. The van der Waals surface area contributed by atoms with Crippen LogP contribution in [0.2, 0.25) is 5.02 Å². The number of hydrogen-bond donors (Lipinski definition) is 0. The van der Waals surface area contributed by atoms with Crippen molar-refractivity contribution >= 4 is 40.1 Å². The summed E-state index contributed by atoms with van der Waals surface area (Å²) in [6.45, 7) is 0. The van der Waals surface area contributed by atoms with E-state index in [1.165, 1.54) is 18.4 Å². The number of benzene rings is 1. The van der Waals surface area contributed by atoms with Crippen molar-refractivity contribution in [3.05, 3.63) is 49.3 Å². The summed E-state index contributed by atoms with van der Waals surface area (Å²) in [5, 5.41) is 5.12. The SMILES string of the molecule is O=C(c1c(Cl)cccc1C1CC1)n1nc(I)c2c1CCCCC2. The molecule has 0 spiro atoms. The number of rotatable bonds is 2. The Balaban J connectivity index is 1.82. The molecule has 1 heterocycles. The third-order valence-electron chi connectivity index (χ3n) is 4.85. The zero-order valence-electron chi connectivity index (χ0n) is 12.8. The number of aromatic nitrogens is 2. The average Bonchev–Trinajstić information content (AvgIpc) is 3.35. The van der Waals surface area contributed by atoms with Gasteiger partial charge in [-0.3, -0.25) is 4.79 Å². The minimum Gasteiger partial charge on any atom is -0.267 e. The van der Waals surface area contributed by atoms with E-state index >= 15 is 0 Å². The van der Waals surface area contributed by atoms with Crippen LogP contribution in [0.25, 0.3) is 0 Å². The Labute approximate surface area is 154 Å². The Morgan fingerprint density at radius 1 is 1.22 bits per heavy atom. The van der Waals surface area contributed by atoms with E-state index in [0.717, 1.165) is 47.1 Å². The summed E-state index contributed by atoms with van der Waals surface area (Å²) in [6.07, 6.45) is 7.78. The first kappa shape index (κ1) is 15.6. The second kappa shape index (κ2) is 6.20. The van der Waals surface area contributed by atoms with Gasteiger partial charge in [0.1, 0.15) is 3.70 Å². The van der Waals surface area contributed by atoms with Crippen molar-refractivity contribution in [2.24, 2.45) is 0 Å². The van der Waals surface area contributed by atoms with Crippen LogP contribution in [-0.2, 0) is 12.8 Å². The van der Waals surface area contributed by atoms with Gasteiger partial charge in [-0.05, 0) is 78.7 Å². The average molecular weight is 441 g/mol. The van der Waals surface area contributed by atoms with Gasteiger partial charge in [0.2, 0.25) is 0 Å². The van der Waals surface area contributed by atoms with E-state index in [2.05, 4.69) is 27.7 Å². The molecule has 23 heavy (non-hydrogen) atoms. The monoisotopic (exact) mass is 440 g/mol. The maximum atomic E-state index is 13.2. The highest BCUT2D eigenvalue weighted by Crippen LogP contribution is 2.43. The first-order valence-electron chi connectivity index (χ1n) is 8.26. The summed E-state index contributed by atoms with van der Waals surface area (Å²) < 4.78 is 2.60. The fourth-order valence-electron chi connectivity index (χ4n) is 3.51. The number of fused-ring (bicyclic) bond motifs is 1. The third-order valence-corrected chi connectivity index (χ3v) is 6.03. The van der Waals surface area contributed by atoms with Crippen LogP contribution in [-0.4, -0.2) is 15.7 Å². The molecule has 2 aliphatic carbocycles. The number of nitrogens with zero attached hydrogens (tertiary/aromatic N) is 2. The molecule has 0 N–H and O–H groups in total.